The fourth-order valence-electron chi connectivity index (χ4n) is 2.54. The molecular formula is C17H18BrNOS. The highest BCUT2D eigenvalue weighted by molar-refractivity contribution is 9.10. The Labute approximate surface area is 138 Å². The van der Waals surface area contributed by atoms with Gasteiger partial charge in [-0.25, -0.2) is 0 Å². The molecule has 1 heterocycles. The number of benzene rings is 2. The van der Waals surface area contributed by atoms with E-state index in [1.54, 1.807) is 0 Å². The van der Waals surface area contributed by atoms with Crippen molar-refractivity contribution in [2.45, 2.75) is 29.5 Å². The van der Waals surface area contributed by atoms with Gasteiger partial charge in [0.1, 0.15) is 12.4 Å². The first kappa shape index (κ1) is 14.9. The Bertz CT molecular complexity index is 619. The number of thioether (sulfide) groups is 1. The van der Waals surface area contributed by atoms with Gasteiger partial charge in [0.05, 0.1) is 0 Å². The molecule has 0 fully saturated rings. The molecular weight excluding hydrogens is 346 g/mol. The van der Waals surface area contributed by atoms with Crippen molar-refractivity contribution in [2.75, 3.05) is 6.61 Å². The van der Waals surface area contributed by atoms with E-state index in [9.17, 15) is 0 Å². The Balaban J connectivity index is 1.68. The van der Waals surface area contributed by atoms with Gasteiger partial charge in [-0.15, -0.1) is 11.8 Å². The topological polar surface area (TPSA) is 35.2 Å². The zero-order chi connectivity index (χ0) is 14.8. The van der Waals surface area contributed by atoms with Crippen LogP contribution >= 0.6 is 27.7 Å². The van der Waals surface area contributed by atoms with Crippen LogP contribution in [0.5, 0.6) is 5.75 Å². The lowest BCUT2D eigenvalue weighted by Gasteiger charge is -2.16. The van der Waals surface area contributed by atoms with Crippen LogP contribution in [0.1, 0.15) is 24.1 Å². The molecule has 0 saturated heterocycles. The van der Waals surface area contributed by atoms with Crippen molar-refractivity contribution in [3.05, 3.63) is 58.1 Å². The van der Waals surface area contributed by atoms with Crippen molar-refractivity contribution in [2.24, 2.45) is 5.73 Å². The number of ether oxygens (including phenoxy) is 1. The highest BCUT2D eigenvalue weighted by Gasteiger charge is 2.22. The van der Waals surface area contributed by atoms with Crippen molar-refractivity contribution in [3.63, 3.8) is 0 Å². The van der Waals surface area contributed by atoms with Gasteiger partial charge >= 0.3 is 0 Å². The van der Waals surface area contributed by atoms with Crippen molar-refractivity contribution < 1.29 is 4.74 Å². The number of hydrogen-bond donors (Lipinski definition) is 1. The molecule has 4 heteroatoms. The van der Waals surface area contributed by atoms with Crippen molar-refractivity contribution in [1.29, 1.82) is 0 Å². The van der Waals surface area contributed by atoms with Crippen LogP contribution in [0.4, 0.5) is 0 Å². The van der Waals surface area contributed by atoms with Gasteiger partial charge in [-0.05, 0) is 37.1 Å². The van der Waals surface area contributed by atoms with E-state index >= 15 is 0 Å². The Morgan fingerprint density at radius 3 is 2.90 bits per heavy atom. The van der Waals surface area contributed by atoms with Crippen molar-refractivity contribution in [1.82, 2.24) is 0 Å². The second kappa shape index (κ2) is 6.42. The first-order valence-corrected chi connectivity index (χ1v) is 8.73. The standard InChI is InChI=1S/C17H18BrNOS/c1-11(19)15-7-6-13(18)9-16(15)20-10-14-8-12-4-2-3-5-17(12)21-14/h2-7,9,11,14H,8,10,19H2,1H3/t11-,14?/m1/s1. The molecule has 110 valence electrons. The van der Waals surface area contributed by atoms with E-state index in [-0.39, 0.29) is 6.04 Å². The monoisotopic (exact) mass is 363 g/mol. The van der Waals surface area contributed by atoms with Crippen LogP contribution in [0, 0.1) is 0 Å². The van der Waals surface area contributed by atoms with E-state index in [2.05, 4.69) is 40.2 Å². The Kier molecular flexibility index (Phi) is 4.57. The third kappa shape index (κ3) is 3.44. The lowest BCUT2D eigenvalue weighted by molar-refractivity contribution is 0.312. The predicted octanol–water partition coefficient (Wildman–Crippen LogP) is 4.56. The quantitative estimate of drug-likeness (QED) is 0.864. The Morgan fingerprint density at radius 1 is 1.33 bits per heavy atom. The smallest absolute Gasteiger partial charge is 0.125 e. The molecule has 0 radical (unpaired) electrons. The zero-order valence-corrected chi connectivity index (χ0v) is 14.3. The van der Waals surface area contributed by atoms with Gasteiger partial charge in [0.15, 0.2) is 0 Å². The van der Waals surface area contributed by atoms with Gasteiger partial charge < -0.3 is 10.5 Å². The van der Waals surface area contributed by atoms with E-state index in [1.165, 1.54) is 10.5 Å². The molecule has 2 N–H and O–H groups in total. The molecule has 3 rings (SSSR count). The minimum absolute atomic E-state index is 0.0264. The van der Waals surface area contributed by atoms with E-state index in [1.807, 2.05) is 36.9 Å². The average molecular weight is 364 g/mol. The molecule has 0 bridgehead atoms. The van der Waals surface area contributed by atoms with Gasteiger partial charge in [0, 0.05) is 26.2 Å². The third-order valence-electron chi connectivity index (χ3n) is 3.60. The van der Waals surface area contributed by atoms with Gasteiger partial charge in [-0.1, -0.05) is 40.2 Å². The molecule has 0 spiro atoms. The second-order valence-corrected chi connectivity index (χ2v) is 7.59. The number of halogens is 1. The first-order chi connectivity index (χ1) is 10.1. The van der Waals surface area contributed by atoms with Gasteiger partial charge in [-0.2, -0.15) is 0 Å². The molecule has 0 amide bonds. The maximum atomic E-state index is 6.06. The summed E-state index contributed by atoms with van der Waals surface area (Å²) in [6.07, 6.45) is 1.07. The summed E-state index contributed by atoms with van der Waals surface area (Å²) in [5, 5.41) is 0.474. The van der Waals surface area contributed by atoms with Crippen LogP contribution in [0.3, 0.4) is 0 Å². The van der Waals surface area contributed by atoms with Crippen LogP contribution in [0.15, 0.2) is 51.8 Å². The van der Waals surface area contributed by atoms with Crippen LogP contribution in [-0.2, 0) is 6.42 Å². The molecule has 2 nitrogen and oxygen atoms in total. The molecule has 2 aromatic rings. The first-order valence-electron chi connectivity index (χ1n) is 7.06. The number of rotatable bonds is 4. The Hall–Kier alpha value is -0.970. The molecule has 0 aromatic heterocycles. The summed E-state index contributed by atoms with van der Waals surface area (Å²) in [4.78, 5) is 1.38. The minimum Gasteiger partial charge on any atom is -0.492 e. The fraction of sp³-hybridized carbons (Fsp3) is 0.294. The molecule has 21 heavy (non-hydrogen) atoms. The molecule has 0 aliphatic carbocycles. The summed E-state index contributed by atoms with van der Waals surface area (Å²) in [7, 11) is 0. The lowest BCUT2D eigenvalue weighted by Crippen LogP contribution is -2.15. The summed E-state index contributed by atoms with van der Waals surface area (Å²) < 4.78 is 7.08. The van der Waals surface area contributed by atoms with Crippen LogP contribution in [-0.4, -0.2) is 11.9 Å². The van der Waals surface area contributed by atoms with Gasteiger partial charge in [-0.3, -0.25) is 0 Å². The summed E-state index contributed by atoms with van der Waals surface area (Å²) in [5.74, 6) is 0.885. The summed E-state index contributed by atoms with van der Waals surface area (Å²) in [6.45, 7) is 2.69. The largest absolute Gasteiger partial charge is 0.492 e. The SMILES string of the molecule is C[C@@H](N)c1ccc(Br)cc1OCC1Cc2ccccc2S1. The van der Waals surface area contributed by atoms with E-state index in [4.69, 9.17) is 10.5 Å². The number of hydrogen-bond acceptors (Lipinski definition) is 3. The van der Waals surface area contributed by atoms with E-state index < -0.39 is 0 Å². The zero-order valence-electron chi connectivity index (χ0n) is 11.9. The van der Waals surface area contributed by atoms with Crippen LogP contribution in [0.25, 0.3) is 0 Å². The van der Waals surface area contributed by atoms with Crippen molar-refractivity contribution in [3.8, 4) is 5.75 Å². The highest BCUT2D eigenvalue weighted by Crippen LogP contribution is 2.37. The molecule has 1 aliphatic heterocycles. The highest BCUT2D eigenvalue weighted by atomic mass is 79.9. The number of fused-ring (bicyclic) bond motifs is 1. The maximum absolute atomic E-state index is 6.06. The summed E-state index contributed by atoms with van der Waals surface area (Å²) in [6, 6.07) is 14.6. The van der Waals surface area contributed by atoms with E-state index in [0.29, 0.717) is 11.9 Å². The van der Waals surface area contributed by atoms with E-state index in [0.717, 1.165) is 22.2 Å². The van der Waals surface area contributed by atoms with Crippen molar-refractivity contribution >= 4 is 27.7 Å². The van der Waals surface area contributed by atoms with Crippen LogP contribution < -0.4 is 10.5 Å². The van der Waals surface area contributed by atoms with Gasteiger partial charge in [0.25, 0.3) is 0 Å². The summed E-state index contributed by atoms with van der Waals surface area (Å²) in [5.41, 5.74) is 8.50. The summed E-state index contributed by atoms with van der Waals surface area (Å²) >= 11 is 5.40. The maximum Gasteiger partial charge on any atom is 0.125 e. The predicted molar refractivity (Wildman–Crippen MR) is 92.0 cm³/mol. The molecule has 2 aromatic carbocycles. The number of nitrogens with two attached hydrogens (primary N) is 1. The fourth-order valence-corrected chi connectivity index (χ4v) is 4.10. The molecule has 2 atom stereocenters. The van der Waals surface area contributed by atoms with Crippen LogP contribution in [0.2, 0.25) is 0 Å². The third-order valence-corrected chi connectivity index (χ3v) is 5.39. The normalized spacial score (nSPS) is 18.3. The van der Waals surface area contributed by atoms with Gasteiger partial charge in [0.2, 0.25) is 0 Å². The minimum atomic E-state index is -0.0264. The second-order valence-electron chi connectivity index (χ2n) is 5.33. The molecule has 0 saturated carbocycles. The average Bonchev–Trinajstić information content (AvgIpc) is 2.87. The Morgan fingerprint density at radius 2 is 2.14 bits per heavy atom. The molecule has 1 unspecified atom stereocenters. The lowest BCUT2D eigenvalue weighted by atomic mass is 10.1. The molecule has 1 aliphatic rings.